The van der Waals surface area contributed by atoms with E-state index in [9.17, 15) is 0 Å². The summed E-state index contributed by atoms with van der Waals surface area (Å²) in [6, 6.07) is 8.66. The van der Waals surface area contributed by atoms with Crippen molar-refractivity contribution in [3.63, 3.8) is 0 Å². The number of pyridine rings is 2. The van der Waals surface area contributed by atoms with Crippen LogP contribution in [0, 0.1) is 17.3 Å². The molecular weight excluding hydrogens is 567 g/mol. The van der Waals surface area contributed by atoms with Crippen LogP contribution in [0.2, 0.25) is 10.0 Å². The van der Waals surface area contributed by atoms with Crippen LogP contribution in [0.4, 0.5) is 5.82 Å². The van der Waals surface area contributed by atoms with E-state index in [4.69, 9.17) is 32.5 Å². The Morgan fingerprint density at radius 2 is 1.76 bits per heavy atom. The number of rotatable bonds is 6. The minimum Gasteiger partial charge on any atom is -0.370 e. The first-order valence-electron chi connectivity index (χ1n) is 15.1. The molecule has 4 saturated carbocycles. The molecule has 2 bridgehead atoms. The van der Waals surface area contributed by atoms with E-state index >= 15 is 0 Å². The van der Waals surface area contributed by atoms with Gasteiger partial charge in [-0.1, -0.05) is 46.3 Å². The lowest BCUT2D eigenvalue weighted by molar-refractivity contribution is -0.131. The van der Waals surface area contributed by atoms with Crippen molar-refractivity contribution < 1.29 is 9.26 Å². The lowest BCUT2D eigenvalue weighted by atomic mass is 9.59. The Bertz CT molecular complexity index is 1700. The van der Waals surface area contributed by atoms with Crippen LogP contribution in [0.15, 0.2) is 47.4 Å². The topological polar surface area (TPSA) is 64.3 Å². The zero-order chi connectivity index (χ0) is 28.3. The smallest absolute Gasteiger partial charge is 0.145 e. The van der Waals surface area contributed by atoms with E-state index in [1.807, 2.05) is 6.20 Å². The summed E-state index contributed by atoms with van der Waals surface area (Å²) in [6.45, 7) is 2.61. The van der Waals surface area contributed by atoms with Gasteiger partial charge >= 0.3 is 0 Å². The molecule has 6 nitrogen and oxygen atoms in total. The van der Waals surface area contributed by atoms with Crippen LogP contribution in [0.1, 0.15) is 80.6 Å². The van der Waals surface area contributed by atoms with Crippen LogP contribution in [0.5, 0.6) is 0 Å². The summed E-state index contributed by atoms with van der Waals surface area (Å²) in [4.78, 5) is 11.1. The maximum Gasteiger partial charge on any atom is 0.145 e. The summed E-state index contributed by atoms with van der Waals surface area (Å²) in [6.07, 6.45) is 14.8. The molecule has 42 heavy (non-hydrogen) atoms. The van der Waals surface area contributed by atoms with Gasteiger partial charge in [0, 0.05) is 65.1 Å². The van der Waals surface area contributed by atoms with Crippen molar-refractivity contribution in [3.8, 4) is 23.1 Å². The highest BCUT2D eigenvalue weighted by atomic mass is 35.5. The summed E-state index contributed by atoms with van der Waals surface area (Å²) < 4.78 is 12.7. The van der Waals surface area contributed by atoms with Gasteiger partial charge in [0.15, 0.2) is 0 Å². The minimum atomic E-state index is -0.134. The first-order valence-corrected chi connectivity index (χ1v) is 15.9. The number of aromatic nitrogens is 3. The van der Waals surface area contributed by atoms with Crippen molar-refractivity contribution in [2.45, 2.75) is 75.9 Å². The third kappa shape index (κ3) is 4.67. The third-order valence-corrected chi connectivity index (χ3v) is 10.5. The lowest BCUT2D eigenvalue weighted by Gasteiger charge is -2.51. The SMILES string of the molecule is Clc1cncc(Cl)c1-c1noc(C2CC2)c1COC12CCC(C#Cc3ccc4ccnc(N5CCC5)c4c3)(CC1)CC2. The molecule has 214 valence electrons. The highest BCUT2D eigenvalue weighted by Gasteiger charge is 2.49. The van der Waals surface area contributed by atoms with Crippen molar-refractivity contribution in [1.82, 2.24) is 15.1 Å². The van der Waals surface area contributed by atoms with Crippen molar-refractivity contribution in [2.75, 3.05) is 18.0 Å². The van der Waals surface area contributed by atoms with Crippen LogP contribution < -0.4 is 4.90 Å². The highest BCUT2D eigenvalue weighted by Crippen LogP contribution is 2.54. The fourth-order valence-electron chi connectivity index (χ4n) is 6.96. The molecule has 5 fully saturated rings. The first-order chi connectivity index (χ1) is 20.5. The molecule has 1 aromatic carbocycles. The second-order valence-electron chi connectivity index (χ2n) is 12.5. The molecule has 4 heterocycles. The first kappa shape index (κ1) is 26.5. The van der Waals surface area contributed by atoms with Gasteiger partial charge in [0.05, 0.1) is 22.3 Å². The molecule has 0 N–H and O–H groups in total. The van der Waals surface area contributed by atoms with E-state index in [1.165, 1.54) is 17.2 Å². The Morgan fingerprint density at radius 1 is 1.00 bits per heavy atom. The second-order valence-corrected chi connectivity index (χ2v) is 13.4. The summed E-state index contributed by atoms with van der Waals surface area (Å²) in [5.74, 6) is 9.71. The molecule has 1 saturated heterocycles. The Balaban J connectivity index is 0.995. The molecule has 0 atom stereocenters. The summed E-state index contributed by atoms with van der Waals surface area (Å²) in [7, 11) is 0. The van der Waals surface area contributed by atoms with E-state index in [0.717, 1.165) is 87.2 Å². The molecule has 4 aromatic rings. The number of ether oxygens (including phenoxy) is 1. The average Bonchev–Trinajstić information content (AvgIpc) is 3.75. The van der Waals surface area contributed by atoms with E-state index < -0.39 is 0 Å². The zero-order valence-corrected chi connectivity index (χ0v) is 25.0. The van der Waals surface area contributed by atoms with Crippen LogP contribution in [0.3, 0.4) is 0 Å². The quantitative estimate of drug-likeness (QED) is 0.208. The fourth-order valence-corrected chi connectivity index (χ4v) is 7.50. The lowest BCUT2D eigenvalue weighted by Crippen LogP contribution is -2.47. The number of fused-ring (bicyclic) bond motifs is 4. The standard InChI is InChI=1S/C34H32Cl2N4O2/c35-27-19-37-20-28(36)29(27)30-26(31(42-39-30)24-4-5-24)21-41-34-12-9-33(10-13-34,11-14-34)8-6-22-2-3-23-7-15-38-32(25(23)18-22)40-16-1-17-40/h2-3,7,15,18-20,24H,1,4-5,9-14,16-17,21H2. The minimum absolute atomic E-state index is 0.0644. The van der Waals surface area contributed by atoms with Gasteiger partial charge in [-0.05, 0) is 81.4 Å². The fraction of sp³-hybridized carbons (Fsp3) is 0.441. The summed E-state index contributed by atoms with van der Waals surface area (Å²) in [5, 5.41) is 7.78. The Hall–Kier alpha value is -3.11. The Labute approximate surface area is 255 Å². The van der Waals surface area contributed by atoms with E-state index in [1.54, 1.807) is 12.4 Å². The van der Waals surface area contributed by atoms with Crippen LogP contribution in [0.25, 0.3) is 22.0 Å². The molecule has 4 aliphatic carbocycles. The number of anilines is 1. The predicted molar refractivity (Wildman–Crippen MR) is 165 cm³/mol. The van der Waals surface area contributed by atoms with Gasteiger partial charge in [0.1, 0.15) is 17.3 Å². The zero-order valence-electron chi connectivity index (χ0n) is 23.5. The normalized spacial score (nSPS) is 24.9. The second kappa shape index (κ2) is 10.3. The van der Waals surface area contributed by atoms with Gasteiger partial charge in [0.2, 0.25) is 0 Å². The van der Waals surface area contributed by atoms with Gasteiger partial charge in [-0.25, -0.2) is 4.98 Å². The molecule has 0 spiro atoms. The molecule has 0 unspecified atom stereocenters. The molecule has 1 aliphatic heterocycles. The van der Waals surface area contributed by atoms with Gasteiger partial charge < -0.3 is 14.2 Å². The molecule has 0 radical (unpaired) electrons. The number of nitrogens with zero attached hydrogens (tertiary/aromatic N) is 4. The van der Waals surface area contributed by atoms with Crippen LogP contribution in [-0.2, 0) is 11.3 Å². The van der Waals surface area contributed by atoms with Crippen LogP contribution in [-0.4, -0.2) is 33.8 Å². The predicted octanol–water partition coefficient (Wildman–Crippen LogP) is 8.34. The summed E-state index contributed by atoms with van der Waals surface area (Å²) in [5.41, 5.74) is 3.34. The molecule has 0 amide bonds. The Kier molecular flexibility index (Phi) is 6.48. The van der Waals surface area contributed by atoms with E-state index in [0.29, 0.717) is 33.8 Å². The van der Waals surface area contributed by atoms with Gasteiger partial charge in [-0.15, -0.1) is 0 Å². The van der Waals surface area contributed by atoms with Crippen molar-refractivity contribution in [3.05, 3.63) is 69.8 Å². The largest absolute Gasteiger partial charge is 0.370 e. The van der Waals surface area contributed by atoms with E-state index in [2.05, 4.69) is 56.1 Å². The average molecular weight is 600 g/mol. The monoisotopic (exact) mass is 598 g/mol. The van der Waals surface area contributed by atoms with Crippen molar-refractivity contribution in [2.24, 2.45) is 5.41 Å². The van der Waals surface area contributed by atoms with Crippen molar-refractivity contribution in [1.29, 1.82) is 0 Å². The van der Waals surface area contributed by atoms with Crippen molar-refractivity contribution >= 4 is 39.8 Å². The molecule has 8 heteroatoms. The van der Waals surface area contributed by atoms with Gasteiger partial charge in [-0.2, -0.15) is 0 Å². The molecule has 5 aliphatic rings. The van der Waals surface area contributed by atoms with Crippen LogP contribution >= 0.6 is 23.2 Å². The molecule has 3 aromatic heterocycles. The van der Waals surface area contributed by atoms with Gasteiger partial charge in [-0.3, -0.25) is 4.98 Å². The molecular formula is C34H32Cl2N4O2. The number of hydrogen-bond donors (Lipinski definition) is 0. The number of benzene rings is 1. The maximum atomic E-state index is 6.81. The highest BCUT2D eigenvalue weighted by molar-refractivity contribution is 6.38. The number of hydrogen-bond acceptors (Lipinski definition) is 6. The molecule has 9 rings (SSSR count). The van der Waals surface area contributed by atoms with Gasteiger partial charge in [0.25, 0.3) is 0 Å². The Morgan fingerprint density at radius 3 is 2.45 bits per heavy atom. The van der Waals surface area contributed by atoms with E-state index in [-0.39, 0.29) is 11.0 Å². The number of halogens is 2. The third-order valence-electron chi connectivity index (χ3n) is 9.93. The maximum absolute atomic E-state index is 6.81. The summed E-state index contributed by atoms with van der Waals surface area (Å²) >= 11 is 13.0.